The molecule has 0 aliphatic rings. The molecule has 0 aliphatic carbocycles. The first kappa shape index (κ1) is 15.4. The van der Waals surface area contributed by atoms with Gasteiger partial charge in [-0.3, -0.25) is 4.79 Å². The van der Waals surface area contributed by atoms with Crippen LogP contribution in [0, 0.1) is 18.7 Å². The number of nitrogens with one attached hydrogen (secondary N) is 1. The molecule has 112 valence electrons. The van der Waals surface area contributed by atoms with Crippen LogP contribution in [0.5, 0.6) is 0 Å². The third-order valence-electron chi connectivity index (χ3n) is 3.10. The molecule has 1 heterocycles. The lowest BCUT2D eigenvalue weighted by Gasteiger charge is -2.12. The monoisotopic (exact) mass is 289 g/mol. The first-order valence-corrected chi connectivity index (χ1v) is 7.04. The minimum Gasteiger partial charge on any atom is -0.311 e. The van der Waals surface area contributed by atoms with Crippen molar-refractivity contribution in [3.05, 3.63) is 57.8 Å². The molecular weight excluding hydrogens is 269 g/mol. The summed E-state index contributed by atoms with van der Waals surface area (Å²) in [7, 11) is 0. The van der Waals surface area contributed by atoms with E-state index in [1.54, 1.807) is 25.1 Å². The van der Waals surface area contributed by atoms with Crippen molar-refractivity contribution in [3.63, 3.8) is 0 Å². The summed E-state index contributed by atoms with van der Waals surface area (Å²) in [4.78, 5) is 12.0. The Morgan fingerprint density at radius 2 is 2.05 bits per heavy atom. The highest BCUT2D eigenvalue weighted by Crippen LogP contribution is 2.12. The summed E-state index contributed by atoms with van der Waals surface area (Å²) < 4.78 is 15.4. The Kier molecular flexibility index (Phi) is 4.85. The zero-order valence-electron chi connectivity index (χ0n) is 12.6. The van der Waals surface area contributed by atoms with Crippen molar-refractivity contribution >= 4 is 0 Å². The van der Waals surface area contributed by atoms with Crippen LogP contribution < -0.4 is 10.7 Å². The van der Waals surface area contributed by atoms with Crippen molar-refractivity contribution < 1.29 is 4.39 Å². The summed E-state index contributed by atoms with van der Waals surface area (Å²) in [5.41, 5.74) is 1.22. The van der Waals surface area contributed by atoms with Gasteiger partial charge in [0.25, 0.3) is 0 Å². The van der Waals surface area contributed by atoms with E-state index in [0.29, 0.717) is 29.5 Å². The zero-order chi connectivity index (χ0) is 15.4. The highest BCUT2D eigenvalue weighted by molar-refractivity contribution is 5.34. The van der Waals surface area contributed by atoms with Crippen LogP contribution in [0.25, 0.3) is 5.69 Å². The summed E-state index contributed by atoms with van der Waals surface area (Å²) in [6.45, 7) is 7.10. The Labute approximate surface area is 123 Å². The molecule has 1 N–H and O–H groups in total. The van der Waals surface area contributed by atoms with Gasteiger partial charge in [-0.05, 0) is 31.5 Å². The van der Waals surface area contributed by atoms with Gasteiger partial charge in [0.05, 0.1) is 0 Å². The first-order valence-electron chi connectivity index (χ1n) is 7.04. The lowest BCUT2D eigenvalue weighted by atomic mass is 10.2. The van der Waals surface area contributed by atoms with Gasteiger partial charge in [0.15, 0.2) is 0 Å². The van der Waals surface area contributed by atoms with E-state index in [1.165, 1.54) is 16.8 Å². The molecule has 0 aliphatic heterocycles. The zero-order valence-corrected chi connectivity index (χ0v) is 12.6. The fourth-order valence-corrected chi connectivity index (χ4v) is 2.05. The average molecular weight is 289 g/mol. The number of para-hydroxylation sites is 1. The Morgan fingerprint density at radius 1 is 1.33 bits per heavy atom. The largest absolute Gasteiger partial charge is 0.311 e. The van der Waals surface area contributed by atoms with Gasteiger partial charge < -0.3 is 5.32 Å². The molecule has 0 atom stereocenters. The van der Waals surface area contributed by atoms with Crippen molar-refractivity contribution in [3.8, 4) is 5.69 Å². The van der Waals surface area contributed by atoms with Crippen LogP contribution in [-0.4, -0.2) is 16.3 Å². The molecule has 0 fully saturated rings. The molecule has 2 rings (SSSR count). The maximum atomic E-state index is 13.9. The van der Waals surface area contributed by atoms with Gasteiger partial charge >= 0.3 is 0 Å². The lowest BCUT2D eigenvalue weighted by molar-refractivity contribution is 0.539. The predicted molar refractivity (Wildman–Crippen MR) is 81.1 cm³/mol. The van der Waals surface area contributed by atoms with E-state index in [0.717, 1.165) is 6.54 Å². The summed E-state index contributed by atoms with van der Waals surface area (Å²) in [5.74, 6) is 0.127. The Hall–Kier alpha value is -2.01. The number of nitrogens with zero attached hydrogens (tertiary/aromatic N) is 2. The standard InChI is InChI=1S/C16H20FN3O/c1-11(2)9-18-10-14-16(21)8-12(3)20(19-14)15-7-5-4-6-13(15)17/h4-8,11,18H,9-10H2,1-3H3. The molecule has 1 aromatic heterocycles. The van der Waals surface area contributed by atoms with Crippen LogP contribution in [0.4, 0.5) is 4.39 Å². The number of hydrogen-bond acceptors (Lipinski definition) is 3. The number of rotatable bonds is 5. The highest BCUT2D eigenvalue weighted by Gasteiger charge is 2.10. The molecule has 0 unspecified atom stereocenters. The van der Waals surface area contributed by atoms with Gasteiger partial charge in [0, 0.05) is 18.3 Å². The molecule has 5 heteroatoms. The molecule has 4 nitrogen and oxygen atoms in total. The normalized spacial score (nSPS) is 11.1. The molecule has 0 bridgehead atoms. The van der Waals surface area contributed by atoms with Crippen LogP contribution >= 0.6 is 0 Å². The summed E-state index contributed by atoms with van der Waals surface area (Å²) in [6, 6.07) is 7.89. The summed E-state index contributed by atoms with van der Waals surface area (Å²) in [6.07, 6.45) is 0. The number of halogens is 1. The van der Waals surface area contributed by atoms with E-state index in [4.69, 9.17) is 0 Å². The maximum Gasteiger partial charge on any atom is 0.204 e. The molecule has 0 amide bonds. The molecule has 0 spiro atoms. The van der Waals surface area contributed by atoms with E-state index in [9.17, 15) is 9.18 Å². The SMILES string of the molecule is Cc1cc(=O)c(CNCC(C)C)nn1-c1ccccc1F. The minimum atomic E-state index is -0.363. The smallest absolute Gasteiger partial charge is 0.204 e. The van der Waals surface area contributed by atoms with E-state index >= 15 is 0 Å². The molecule has 2 aromatic rings. The van der Waals surface area contributed by atoms with Crippen LogP contribution in [0.3, 0.4) is 0 Å². The van der Waals surface area contributed by atoms with Crippen LogP contribution in [0.2, 0.25) is 0 Å². The van der Waals surface area contributed by atoms with Crippen LogP contribution in [-0.2, 0) is 6.54 Å². The number of benzene rings is 1. The molecule has 0 saturated carbocycles. The fourth-order valence-electron chi connectivity index (χ4n) is 2.05. The van der Waals surface area contributed by atoms with E-state index in [-0.39, 0.29) is 11.2 Å². The molecule has 0 saturated heterocycles. The number of aromatic nitrogens is 2. The van der Waals surface area contributed by atoms with Crippen molar-refractivity contribution in [2.24, 2.45) is 5.92 Å². The van der Waals surface area contributed by atoms with Gasteiger partial charge in [-0.25, -0.2) is 9.07 Å². The Morgan fingerprint density at radius 3 is 2.71 bits per heavy atom. The van der Waals surface area contributed by atoms with Gasteiger partial charge in [-0.2, -0.15) is 5.10 Å². The first-order chi connectivity index (χ1) is 9.99. The van der Waals surface area contributed by atoms with E-state index < -0.39 is 0 Å². The van der Waals surface area contributed by atoms with Crippen molar-refractivity contribution in [1.29, 1.82) is 0 Å². The Balaban J connectivity index is 2.35. The lowest BCUT2D eigenvalue weighted by Crippen LogP contribution is -2.26. The fraction of sp³-hybridized carbons (Fsp3) is 0.375. The number of aryl methyl sites for hydroxylation is 1. The number of hydrogen-bond donors (Lipinski definition) is 1. The topological polar surface area (TPSA) is 46.9 Å². The average Bonchev–Trinajstić information content (AvgIpc) is 2.42. The summed E-state index contributed by atoms with van der Waals surface area (Å²) in [5, 5.41) is 7.49. The molecule has 21 heavy (non-hydrogen) atoms. The quantitative estimate of drug-likeness (QED) is 0.919. The van der Waals surface area contributed by atoms with Crippen LogP contribution in [0.15, 0.2) is 35.1 Å². The van der Waals surface area contributed by atoms with Gasteiger partial charge in [0.1, 0.15) is 17.2 Å². The minimum absolute atomic E-state index is 0.128. The second-order valence-electron chi connectivity index (χ2n) is 5.48. The van der Waals surface area contributed by atoms with E-state index in [2.05, 4.69) is 24.3 Å². The van der Waals surface area contributed by atoms with Crippen molar-refractivity contribution in [1.82, 2.24) is 15.1 Å². The Bertz CT molecular complexity index is 679. The van der Waals surface area contributed by atoms with Crippen molar-refractivity contribution in [2.75, 3.05) is 6.54 Å². The third kappa shape index (κ3) is 3.76. The van der Waals surface area contributed by atoms with Gasteiger partial charge in [-0.1, -0.05) is 26.0 Å². The third-order valence-corrected chi connectivity index (χ3v) is 3.10. The van der Waals surface area contributed by atoms with Crippen LogP contribution in [0.1, 0.15) is 25.2 Å². The molecular formula is C16H20FN3O. The summed E-state index contributed by atoms with van der Waals surface area (Å²) >= 11 is 0. The van der Waals surface area contributed by atoms with Gasteiger partial charge in [-0.15, -0.1) is 0 Å². The highest BCUT2D eigenvalue weighted by atomic mass is 19.1. The maximum absolute atomic E-state index is 13.9. The second kappa shape index (κ2) is 6.63. The second-order valence-corrected chi connectivity index (χ2v) is 5.48. The molecule has 1 aromatic carbocycles. The van der Waals surface area contributed by atoms with Gasteiger partial charge in [0.2, 0.25) is 5.43 Å². The predicted octanol–water partition coefficient (Wildman–Crippen LogP) is 2.43. The van der Waals surface area contributed by atoms with E-state index in [1.807, 2.05) is 0 Å². The molecule has 0 radical (unpaired) electrons. The van der Waals surface area contributed by atoms with Crippen molar-refractivity contribution in [2.45, 2.75) is 27.3 Å².